The number of fused-ring (bicyclic) bond motifs is 12. The minimum absolute atomic E-state index is 0.525. The second kappa shape index (κ2) is 30.3. The number of rotatable bonds is 17. The average molecular weight is 1690 g/mol. The number of pyridine rings is 4. The van der Waals surface area contributed by atoms with E-state index in [1.807, 2.05) is 49.6 Å². The van der Waals surface area contributed by atoms with E-state index in [1.165, 1.54) is 177 Å². The van der Waals surface area contributed by atoms with Crippen LogP contribution in [0.5, 0.6) is 0 Å². The quantitative estimate of drug-likeness (QED) is 0.0911. The second-order valence-corrected chi connectivity index (χ2v) is 36.8. The molecule has 0 aliphatic heterocycles. The smallest absolute Gasteiger partial charge is 0.0711 e. The zero-order chi connectivity index (χ0) is 87.6. The highest BCUT2D eigenvalue weighted by molar-refractivity contribution is 6.12. The van der Waals surface area contributed by atoms with Gasteiger partial charge in [0.05, 0.1) is 65.8 Å². The van der Waals surface area contributed by atoms with Gasteiger partial charge in [-0.05, 0) is 258 Å². The summed E-state index contributed by atoms with van der Waals surface area (Å²) in [5.74, 6) is 0. The van der Waals surface area contributed by atoms with Crippen LogP contribution in [-0.2, 0) is 60.2 Å². The highest BCUT2D eigenvalue weighted by atomic mass is 15.0. The van der Waals surface area contributed by atoms with Crippen LogP contribution in [-0.4, -0.2) is 38.2 Å². The maximum atomic E-state index is 4.49. The van der Waals surface area contributed by atoms with Gasteiger partial charge in [-0.3, -0.25) is 19.9 Å². The third-order valence-electron chi connectivity index (χ3n) is 30.3. The summed E-state index contributed by atoms with van der Waals surface area (Å²) in [5.41, 5.74) is 41.9. The second-order valence-electron chi connectivity index (χ2n) is 36.8. The van der Waals surface area contributed by atoms with Crippen molar-refractivity contribution in [1.82, 2.24) is 38.2 Å². The van der Waals surface area contributed by atoms with E-state index in [4.69, 9.17) is 0 Å². The van der Waals surface area contributed by atoms with Gasteiger partial charge in [0, 0.05) is 115 Å². The number of aromatic nitrogens is 8. The molecule has 0 spiro atoms. The molecule has 630 valence electrons. The fourth-order valence-corrected chi connectivity index (χ4v) is 24.8. The van der Waals surface area contributed by atoms with Crippen LogP contribution in [0.15, 0.2) is 377 Å². The van der Waals surface area contributed by atoms with Gasteiger partial charge < -0.3 is 18.3 Å². The lowest BCUT2D eigenvalue weighted by atomic mass is 9.44. The molecule has 0 N–H and O–H groups in total. The Kier molecular flexibility index (Phi) is 18.1. The largest absolute Gasteiger partial charge is 0.309 e. The van der Waals surface area contributed by atoms with E-state index in [9.17, 15) is 0 Å². The van der Waals surface area contributed by atoms with E-state index >= 15 is 0 Å². The van der Waals surface area contributed by atoms with Crippen LogP contribution >= 0.6 is 0 Å². The van der Waals surface area contributed by atoms with Crippen molar-refractivity contribution in [1.29, 1.82) is 0 Å². The van der Waals surface area contributed by atoms with Crippen LogP contribution < -0.4 is 0 Å². The van der Waals surface area contributed by atoms with Crippen LogP contribution in [0.4, 0.5) is 0 Å². The molecule has 0 saturated carbocycles. The molecule has 131 heavy (non-hydrogen) atoms. The summed E-state index contributed by atoms with van der Waals surface area (Å²) in [6.45, 7) is 13.8. The van der Waals surface area contributed by atoms with Crippen molar-refractivity contribution in [2.75, 3.05) is 0 Å². The number of hydrogen-bond donors (Lipinski definition) is 0. The monoisotopic (exact) mass is 1690 g/mol. The number of hydrogen-bond acceptors (Lipinski definition) is 4. The van der Waals surface area contributed by atoms with Gasteiger partial charge in [0.2, 0.25) is 0 Å². The van der Waals surface area contributed by atoms with Crippen molar-refractivity contribution in [3.05, 3.63) is 500 Å². The van der Waals surface area contributed by atoms with Gasteiger partial charge in [-0.2, -0.15) is 0 Å². The first kappa shape index (κ1) is 78.2. The molecule has 28 rings (SSSR count). The Labute approximate surface area is 763 Å². The van der Waals surface area contributed by atoms with Crippen molar-refractivity contribution in [3.63, 3.8) is 0 Å². The van der Waals surface area contributed by atoms with Gasteiger partial charge in [0.15, 0.2) is 0 Å². The molecule has 8 nitrogen and oxygen atoms in total. The number of benzene rings is 14. The number of aryl methyl sites for hydroxylation is 6. The molecule has 6 aliphatic carbocycles. The standard InChI is InChI=1S/C65H54N2.C58H44N6/c1-4-15-43-28-39-56-57(40-43)64(46-29-33-48(34-30-46)66-60-22-11-7-18-50(60)51-19-8-12-23-61(51)66)54-37-26-44(16-5-2)41-58(54)65(56,59-42-45(17-6-3)27-38-55(59)64)47-31-35-49(36-32-47)67-62-24-13-9-20-52(62)53-21-10-14-25-63(53)67;1-4-36-9-20-49-50(29-36)57(39-10-14-41(15-11-39)63-53-21-25-59-32-43(53)44-33-60-26-22-54(44)63)47-18-7-37(5-2)30-51(47)58(49,52-31-38(6-3)8-19-48(52)57)40-12-16-42(17-13-40)64-55-23-27-61-34-45(55)46-35-62-28-24-56(46)64/h7-14,18-42H,4-6,15-17H2,1-3H3;7-35H,4-6H2,1-3H3. The fourth-order valence-electron chi connectivity index (χ4n) is 24.8. The van der Waals surface area contributed by atoms with E-state index in [0.717, 1.165) is 113 Å². The van der Waals surface area contributed by atoms with Crippen molar-refractivity contribution >= 4 is 87.2 Å². The summed E-state index contributed by atoms with van der Waals surface area (Å²) in [6, 6.07) is 127. The van der Waals surface area contributed by atoms with Crippen molar-refractivity contribution in [2.45, 2.75) is 121 Å². The molecule has 22 aromatic rings. The van der Waals surface area contributed by atoms with Gasteiger partial charge in [-0.25, -0.2) is 0 Å². The normalized spacial score (nSPS) is 17.2. The molecule has 0 atom stereocenters. The zero-order valence-corrected chi connectivity index (χ0v) is 74.7. The lowest BCUT2D eigenvalue weighted by Crippen LogP contribution is -2.52. The summed E-state index contributed by atoms with van der Waals surface area (Å²) in [5, 5.41) is 9.54. The Morgan fingerprint density at radius 2 is 0.389 bits per heavy atom. The maximum absolute atomic E-state index is 4.49. The van der Waals surface area contributed by atoms with Crippen LogP contribution in [0.2, 0.25) is 0 Å². The molecule has 0 fully saturated rings. The summed E-state index contributed by atoms with van der Waals surface area (Å²) in [4.78, 5) is 18.0. The van der Waals surface area contributed by atoms with Crippen LogP contribution in [0.1, 0.15) is 183 Å². The predicted molar refractivity (Wildman–Crippen MR) is 539 cm³/mol. The molecule has 4 bridgehead atoms. The lowest BCUT2D eigenvalue weighted by Gasteiger charge is -2.57. The molecule has 0 amide bonds. The summed E-state index contributed by atoms with van der Waals surface area (Å²) in [7, 11) is 0. The Morgan fingerprint density at radius 1 is 0.191 bits per heavy atom. The number of para-hydroxylation sites is 4. The van der Waals surface area contributed by atoms with Crippen LogP contribution in [0, 0.1) is 0 Å². The Bertz CT molecular complexity index is 8070. The topological polar surface area (TPSA) is 71.3 Å². The van der Waals surface area contributed by atoms with Crippen molar-refractivity contribution < 1.29 is 0 Å². The molecule has 0 saturated heterocycles. The molecule has 14 aromatic carbocycles. The van der Waals surface area contributed by atoms with Gasteiger partial charge in [-0.15, -0.1) is 0 Å². The van der Waals surface area contributed by atoms with Crippen LogP contribution in [0.3, 0.4) is 0 Å². The Morgan fingerprint density at radius 3 is 0.611 bits per heavy atom. The highest BCUT2D eigenvalue weighted by Gasteiger charge is 2.62. The van der Waals surface area contributed by atoms with E-state index < -0.39 is 21.7 Å². The molecule has 0 unspecified atom stereocenters. The molecule has 8 heteroatoms. The van der Waals surface area contributed by atoms with Gasteiger partial charge in [-0.1, -0.05) is 291 Å². The molecular weight excluding hydrogens is 1590 g/mol. The van der Waals surface area contributed by atoms with Gasteiger partial charge in [0.25, 0.3) is 0 Å². The SMILES string of the molecule is CCCc1ccc2c(c1)C1(c3ccc(-n4c5ccccc5c5ccccc54)cc3)c3ccc(CCC)cc3C2(c2ccc(-n3c4ccccc4c4ccccc43)cc2)c2cc(CCC)ccc21.CCc1ccc2c(c1)C1(c3ccc(-n4c5ccncc5c5cnccc54)cc3)c3ccc(CC)cc3C2(c2ccc(-n3c4ccncc4c4cnccc43)cc2)c2cc(CC)ccc21. The average Bonchev–Trinajstić information content (AvgIpc) is 0.901. The first-order chi connectivity index (χ1) is 64.7. The molecule has 0 radical (unpaired) electrons. The summed E-state index contributed by atoms with van der Waals surface area (Å²) < 4.78 is 9.61. The van der Waals surface area contributed by atoms with Crippen LogP contribution in [0.25, 0.3) is 110 Å². The first-order valence-electron chi connectivity index (χ1n) is 47.3. The zero-order valence-electron chi connectivity index (χ0n) is 74.7. The van der Waals surface area contributed by atoms with Gasteiger partial charge in [0.1, 0.15) is 0 Å². The Balaban J connectivity index is 0.000000141. The molecule has 6 aliphatic rings. The minimum atomic E-state index is -0.553. The van der Waals surface area contributed by atoms with Gasteiger partial charge >= 0.3 is 0 Å². The third kappa shape index (κ3) is 10.9. The predicted octanol–water partition coefficient (Wildman–Crippen LogP) is 28.7. The molecule has 8 aromatic heterocycles. The van der Waals surface area contributed by atoms with E-state index in [2.05, 4.69) is 407 Å². The first-order valence-corrected chi connectivity index (χ1v) is 47.3. The van der Waals surface area contributed by atoms with E-state index in [-0.39, 0.29) is 0 Å². The highest BCUT2D eigenvalue weighted by Crippen LogP contribution is 2.69. The van der Waals surface area contributed by atoms with Crippen molar-refractivity contribution in [2.24, 2.45) is 0 Å². The Hall–Kier alpha value is -15.1. The maximum Gasteiger partial charge on any atom is 0.0711 e. The molecule has 8 heterocycles. The molecular formula is C123H98N8. The minimum Gasteiger partial charge on any atom is -0.309 e. The fraction of sp³-hybridized carbons (Fsp3) is 0.154. The summed E-state index contributed by atoms with van der Waals surface area (Å²) in [6.07, 6.45) is 24.6. The lowest BCUT2D eigenvalue weighted by molar-refractivity contribution is 0.554. The van der Waals surface area contributed by atoms with Crippen molar-refractivity contribution in [3.8, 4) is 22.7 Å². The third-order valence-corrected chi connectivity index (χ3v) is 30.3. The summed E-state index contributed by atoms with van der Waals surface area (Å²) >= 11 is 0. The van der Waals surface area contributed by atoms with E-state index in [1.54, 1.807) is 0 Å². The van der Waals surface area contributed by atoms with E-state index in [0.29, 0.717) is 0 Å². The number of nitrogens with zero attached hydrogens (tertiary/aromatic N) is 8.